The van der Waals surface area contributed by atoms with Crippen molar-refractivity contribution in [3.63, 3.8) is 0 Å². The van der Waals surface area contributed by atoms with Gasteiger partial charge in [0.15, 0.2) is 0 Å². The molecule has 0 aliphatic heterocycles. The molecule has 102 valence electrons. The van der Waals surface area contributed by atoms with Gasteiger partial charge in [0.05, 0.1) is 5.69 Å². The summed E-state index contributed by atoms with van der Waals surface area (Å²) in [5, 5.41) is 2.99. The fourth-order valence-electron chi connectivity index (χ4n) is 2.01. The number of aromatic nitrogens is 1. The Bertz CT molecular complexity index is 392. The first-order valence-electron chi connectivity index (χ1n) is 6.75. The molecular formula is C14H25N3O. The number of amides is 1. The highest BCUT2D eigenvalue weighted by Gasteiger charge is 2.15. The van der Waals surface area contributed by atoms with Crippen LogP contribution in [0.1, 0.15) is 57.1 Å². The maximum absolute atomic E-state index is 12.1. The van der Waals surface area contributed by atoms with E-state index in [2.05, 4.69) is 19.2 Å². The van der Waals surface area contributed by atoms with Gasteiger partial charge < -0.3 is 15.6 Å². The van der Waals surface area contributed by atoms with E-state index in [1.165, 1.54) is 0 Å². The molecule has 0 radical (unpaired) electrons. The molecule has 0 spiro atoms. The van der Waals surface area contributed by atoms with Gasteiger partial charge in [-0.3, -0.25) is 4.79 Å². The molecule has 4 nitrogen and oxygen atoms in total. The SMILES string of the molecule is CCC(CC)CNC(=O)c1cc(N)cn1C(C)C. The number of nitrogen functional groups attached to an aromatic ring is 1. The van der Waals surface area contributed by atoms with E-state index in [4.69, 9.17) is 5.73 Å². The summed E-state index contributed by atoms with van der Waals surface area (Å²) < 4.78 is 1.91. The molecule has 0 aliphatic rings. The van der Waals surface area contributed by atoms with Crippen molar-refractivity contribution < 1.29 is 4.79 Å². The van der Waals surface area contributed by atoms with E-state index in [1.807, 2.05) is 24.6 Å². The molecule has 4 heteroatoms. The Hall–Kier alpha value is -1.45. The Morgan fingerprint density at radius 1 is 1.39 bits per heavy atom. The van der Waals surface area contributed by atoms with Crippen molar-refractivity contribution in [1.29, 1.82) is 0 Å². The van der Waals surface area contributed by atoms with Crippen molar-refractivity contribution in [2.24, 2.45) is 5.92 Å². The molecule has 1 rings (SSSR count). The summed E-state index contributed by atoms with van der Waals surface area (Å²) in [4.78, 5) is 12.1. The van der Waals surface area contributed by atoms with Gasteiger partial charge in [-0.15, -0.1) is 0 Å². The Kier molecular flexibility index (Phi) is 5.25. The molecule has 0 atom stereocenters. The van der Waals surface area contributed by atoms with E-state index in [-0.39, 0.29) is 11.9 Å². The number of hydrogen-bond acceptors (Lipinski definition) is 2. The fourth-order valence-corrected chi connectivity index (χ4v) is 2.01. The molecule has 1 aromatic heterocycles. The second kappa shape index (κ2) is 6.47. The third-order valence-electron chi connectivity index (χ3n) is 3.36. The highest BCUT2D eigenvalue weighted by Crippen LogP contribution is 2.16. The number of nitrogens with zero attached hydrogens (tertiary/aromatic N) is 1. The van der Waals surface area contributed by atoms with Crippen molar-refractivity contribution in [2.75, 3.05) is 12.3 Å². The van der Waals surface area contributed by atoms with E-state index >= 15 is 0 Å². The van der Waals surface area contributed by atoms with Crippen LogP contribution >= 0.6 is 0 Å². The number of nitrogens with one attached hydrogen (secondary N) is 1. The molecular weight excluding hydrogens is 226 g/mol. The third kappa shape index (κ3) is 3.52. The minimum Gasteiger partial charge on any atom is -0.397 e. The average Bonchev–Trinajstić information content (AvgIpc) is 2.72. The van der Waals surface area contributed by atoms with Crippen molar-refractivity contribution in [3.05, 3.63) is 18.0 Å². The van der Waals surface area contributed by atoms with Crippen LogP contribution in [-0.4, -0.2) is 17.0 Å². The lowest BCUT2D eigenvalue weighted by Gasteiger charge is -2.15. The van der Waals surface area contributed by atoms with E-state index in [0.29, 0.717) is 17.3 Å². The summed E-state index contributed by atoms with van der Waals surface area (Å²) in [7, 11) is 0. The molecule has 0 unspecified atom stereocenters. The molecule has 0 saturated heterocycles. The van der Waals surface area contributed by atoms with Crippen molar-refractivity contribution in [2.45, 2.75) is 46.6 Å². The predicted molar refractivity (Wildman–Crippen MR) is 75.6 cm³/mol. The van der Waals surface area contributed by atoms with E-state index < -0.39 is 0 Å². The maximum Gasteiger partial charge on any atom is 0.268 e. The number of hydrogen-bond donors (Lipinski definition) is 2. The van der Waals surface area contributed by atoms with E-state index in [9.17, 15) is 4.79 Å². The van der Waals surface area contributed by atoms with Gasteiger partial charge in [-0.05, 0) is 25.8 Å². The van der Waals surface area contributed by atoms with Crippen LogP contribution in [0.5, 0.6) is 0 Å². The quantitative estimate of drug-likeness (QED) is 0.816. The normalized spacial score (nSPS) is 11.2. The van der Waals surface area contributed by atoms with Crippen LogP contribution in [0.3, 0.4) is 0 Å². The van der Waals surface area contributed by atoms with Crippen LogP contribution in [0.2, 0.25) is 0 Å². The van der Waals surface area contributed by atoms with Crippen LogP contribution < -0.4 is 11.1 Å². The zero-order chi connectivity index (χ0) is 13.7. The molecule has 1 aromatic rings. The Balaban J connectivity index is 2.72. The van der Waals surface area contributed by atoms with Gasteiger partial charge in [-0.2, -0.15) is 0 Å². The molecule has 0 aliphatic carbocycles. The monoisotopic (exact) mass is 251 g/mol. The first kappa shape index (κ1) is 14.6. The largest absolute Gasteiger partial charge is 0.397 e. The zero-order valence-corrected chi connectivity index (χ0v) is 11.9. The first-order valence-corrected chi connectivity index (χ1v) is 6.75. The Morgan fingerprint density at radius 3 is 2.50 bits per heavy atom. The van der Waals surface area contributed by atoms with Crippen LogP contribution in [0.15, 0.2) is 12.3 Å². The Morgan fingerprint density at radius 2 is 2.00 bits per heavy atom. The van der Waals surface area contributed by atoms with E-state index in [1.54, 1.807) is 6.07 Å². The lowest BCUT2D eigenvalue weighted by atomic mass is 10.0. The molecule has 0 aromatic carbocycles. The van der Waals surface area contributed by atoms with Crippen LogP contribution in [-0.2, 0) is 0 Å². The standard InChI is InChI=1S/C14H25N3O/c1-5-11(6-2)8-16-14(18)13-7-12(15)9-17(13)10(3)4/h7,9-11H,5-6,8,15H2,1-4H3,(H,16,18). The summed E-state index contributed by atoms with van der Waals surface area (Å²) in [6.45, 7) is 9.10. The van der Waals surface area contributed by atoms with E-state index in [0.717, 1.165) is 19.4 Å². The molecule has 1 amide bonds. The maximum atomic E-state index is 12.1. The number of anilines is 1. The number of carbonyl (C=O) groups is 1. The summed E-state index contributed by atoms with van der Waals surface area (Å²) in [5.74, 6) is 0.515. The lowest BCUT2D eigenvalue weighted by Crippen LogP contribution is -2.30. The number of nitrogens with two attached hydrogens (primary N) is 1. The van der Waals surface area contributed by atoms with Gasteiger partial charge in [0.1, 0.15) is 5.69 Å². The second-order valence-corrected chi connectivity index (χ2v) is 5.05. The van der Waals surface area contributed by atoms with Gasteiger partial charge in [-0.25, -0.2) is 0 Å². The average molecular weight is 251 g/mol. The van der Waals surface area contributed by atoms with Crippen molar-refractivity contribution >= 4 is 11.6 Å². The van der Waals surface area contributed by atoms with Gasteiger partial charge >= 0.3 is 0 Å². The summed E-state index contributed by atoms with van der Waals surface area (Å²) in [6.07, 6.45) is 3.99. The van der Waals surface area contributed by atoms with Crippen LogP contribution in [0.4, 0.5) is 5.69 Å². The smallest absolute Gasteiger partial charge is 0.268 e. The van der Waals surface area contributed by atoms with Gasteiger partial charge in [-0.1, -0.05) is 26.7 Å². The fraction of sp³-hybridized carbons (Fsp3) is 0.643. The predicted octanol–water partition coefficient (Wildman–Crippen LogP) is 2.82. The van der Waals surface area contributed by atoms with Crippen molar-refractivity contribution in [1.82, 2.24) is 9.88 Å². The zero-order valence-electron chi connectivity index (χ0n) is 11.9. The Labute approximate surface area is 110 Å². The lowest BCUT2D eigenvalue weighted by molar-refractivity contribution is 0.0935. The number of carbonyl (C=O) groups excluding carboxylic acids is 1. The van der Waals surface area contributed by atoms with Gasteiger partial charge in [0, 0.05) is 18.8 Å². The minimum absolute atomic E-state index is 0.0349. The number of rotatable bonds is 6. The molecule has 1 heterocycles. The van der Waals surface area contributed by atoms with Crippen LogP contribution in [0.25, 0.3) is 0 Å². The van der Waals surface area contributed by atoms with Gasteiger partial charge in [0.25, 0.3) is 5.91 Å². The summed E-state index contributed by atoms with van der Waals surface area (Å²) in [6, 6.07) is 1.97. The third-order valence-corrected chi connectivity index (χ3v) is 3.36. The second-order valence-electron chi connectivity index (χ2n) is 5.05. The summed E-state index contributed by atoms with van der Waals surface area (Å²) in [5.41, 5.74) is 7.04. The molecule has 0 fully saturated rings. The molecule has 18 heavy (non-hydrogen) atoms. The highest BCUT2D eigenvalue weighted by molar-refractivity contribution is 5.93. The van der Waals surface area contributed by atoms with Gasteiger partial charge in [0.2, 0.25) is 0 Å². The molecule has 0 saturated carbocycles. The first-order chi connectivity index (χ1) is 8.49. The van der Waals surface area contributed by atoms with Crippen LogP contribution in [0, 0.1) is 5.92 Å². The summed E-state index contributed by atoms with van der Waals surface area (Å²) >= 11 is 0. The topological polar surface area (TPSA) is 60.1 Å². The van der Waals surface area contributed by atoms with Crippen molar-refractivity contribution in [3.8, 4) is 0 Å². The molecule has 3 N–H and O–H groups in total. The molecule has 0 bridgehead atoms. The minimum atomic E-state index is -0.0349. The highest BCUT2D eigenvalue weighted by atomic mass is 16.1.